The molecule has 0 saturated carbocycles. The Morgan fingerprint density at radius 2 is 1.90 bits per heavy atom. The summed E-state index contributed by atoms with van der Waals surface area (Å²) < 4.78 is 41.7. The van der Waals surface area contributed by atoms with Crippen LogP contribution in [0.15, 0.2) is 54.9 Å². The fourth-order valence-electron chi connectivity index (χ4n) is 4.82. The monoisotopic (exact) mass is 556 g/mol. The van der Waals surface area contributed by atoms with Gasteiger partial charge in [0.2, 0.25) is 0 Å². The second kappa shape index (κ2) is 10.8. The van der Waals surface area contributed by atoms with Crippen LogP contribution >= 0.6 is 11.3 Å². The lowest BCUT2D eigenvalue weighted by Crippen LogP contribution is -2.44. The topological polar surface area (TPSA) is 130 Å². The third kappa shape index (κ3) is 5.68. The molecule has 39 heavy (non-hydrogen) atoms. The van der Waals surface area contributed by atoms with Gasteiger partial charge in [0.1, 0.15) is 15.5 Å². The number of primary amides is 1. The molecule has 4 heterocycles. The average Bonchev–Trinajstić information content (AvgIpc) is 3.28. The first-order valence-electron chi connectivity index (χ1n) is 12.4. The number of piperidine rings is 1. The van der Waals surface area contributed by atoms with Crippen LogP contribution < -0.4 is 21.7 Å². The highest BCUT2D eigenvalue weighted by Crippen LogP contribution is 2.43. The first-order chi connectivity index (χ1) is 18.6. The molecule has 4 aromatic rings. The summed E-state index contributed by atoms with van der Waals surface area (Å²) in [5.41, 5.74) is 12.7. The van der Waals surface area contributed by atoms with Crippen LogP contribution in [0.1, 0.15) is 39.7 Å². The number of amides is 1. The highest BCUT2D eigenvalue weighted by molar-refractivity contribution is 7.21. The number of carbonyl (C=O) groups excluding carboxylic acids is 1. The van der Waals surface area contributed by atoms with Crippen molar-refractivity contribution in [2.24, 2.45) is 5.73 Å². The molecule has 3 aromatic heterocycles. The molecule has 1 unspecified atom stereocenters. The molecule has 12 heteroatoms. The number of hydrogen-bond acceptors (Lipinski definition) is 8. The van der Waals surface area contributed by atoms with Crippen molar-refractivity contribution in [1.29, 1.82) is 0 Å². The van der Waals surface area contributed by atoms with Gasteiger partial charge in [-0.15, -0.1) is 11.3 Å². The summed E-state index contributed by atoms with van der Waals surface area (Å²) in [6.45, 7) is 1.31. The minimum atomic E-state index is -4.67. The van der Waals surface area contributed by atoms with Crippen molar-refractivity contribution in [2.45, 2.75) is 31.2 Å². The molecule has 1 aromatic carbocycles. The number of aliphatic hydroxyl groups is 1. The van der Waals surface area contributed by atoms with E-state index in [0.717, 1.165) is 34.1 Å². The lowest BCUT2D eigenvalue weighted by molar-refractivity contribution is -0.136. The van der Waals surface area contributed by atoms with E-state index < -0.39 is 23.8 Å². The van der Waals surface area contributed by atoms with E-state index in [9.17, 15) is 23.1 Å². The van der Waals surface area contributed by atoms with Gasteiger partial charge in [-0.2, -0.15) is 13.2 Å². The molecular formula is C27H27F3N6O2S. The Bertz CT molecular complexity index is 1470. The zero-order valence-corrected chi connectivity index (χ0v) is 21.6. The second-order valence-corrected chi connectivity index (χ2v) is 10.5. The molecule has 5 rings (SSSR count). The number of benzene rings is 1. The number of nitrogen functional groups attached to an aromatic ring is 1. The van der Waals surface area contributed by atoms with Crippen molar-refractivity contribution < 1.29 is 23.1 Å². The Balaban J connectivity index is 1.22. The van der Waals surface area contributed by atoms with Crippen LogP contribution in [0.2, 0.25) is 0 Å². The van der Waals surface area contributed by atoms with Gasteiger partial charge >= 0.3 is 6.18 Å². The maximum absolute atomic E-state index is 13.9. The number of nitrogens with two attached hydrogens (primary N) is 2. The smallest absolute Gasteiger partial charge is 0.397 e. The number of halogens is 3. The SMILES string of the molecule is NC(=O)c1sc2nc(N3CCC(NCC(O)c4ccc(-c5cccnc5)cc4)CC3)cc(C(F)(F)F)c2c1N. The summed E-state index contributed by atoms with van der Waals surface area (Å²) in [5, 5.41) is 13.8. The largest absolute Gasteiger partial charge is 0.417 e. The number of nitrogens with zero attached hydrogens (tertiary/aromatic N) is 3. The van der Waals surface area contributed by atoms with E-state index in [4.69, 9.17) is 11.5 Å². The number of rotatable bonds is 7. The fourth-order valence-corrected chi connectivity index (χ4v) is 5.78. The van der Waals surface area contributed by atoms with Crippen LogP contribution in [-0.4, -0.2) is 46.7 Å². The molecule has 0 radical (unpaired) electrons. The number of anilines is 2. The number of thiophene rings is 1. The Morgan fingerprint density at radius 3 is 2.51 bits per heavy atom. The van der Waals surface area contributed by atoms with Crippen LogP contribution in [0.3, 0.4) is 0 Å². The van der Waals surface area contributed by atoms with Crippen LogP contribution in [0.5, 0.6) is 0 Å². The predicted octanol–water partition coefficient (Wildman–Crippen LogP) is 4.35. The number of nitrogens with one attached hydrogen (secondary N) is 1. The number of aromatic nitrogens is 2. The van der Waals surface area contributed by atoms with E-state index in [1.54, 1.807) is 17.3 Å². The maximum atomic E-state index is 13.9. The number of fused-ring (bicyclic) bond motifs is 1. The first-order valence-corrected chi connectivity index (χ1v) is 13.2. The molecule has 204 valence electrons. The van der Waals surface area contributed by atoms with Crippen LogP contribution in [0, 0.1) is 0 Å². The predicted molar refractivity (Wildman–Crippen MR) is 145 cm³/mol. The summed E-state index contributed by atoms with van der Waals surface area (Å²) in [6, 6.07) is 12.6. The van der Waals surface area contributed by atoms with Crippen LogP contribution in [-0.2, 0) is 6.18 Å². The van der Waals surface area contributed by atoms with Gasteiger partial charge in [-0.1, -0.05) is 30.3 Å². The van der Waals surface area contributed by atoms with Crippen LogP contribution in [0.4, 0.5) is 24.7 Å². The molecule has 0 bridgehead atoms. The summed E-state index contributed by atoms with van der Waals surface area (Å²) in [4.78, 5) is 21.9. The lowest BCUT2D eigenvalue weighted by atomic mass is 10.0. The summed E-state index contributed by atoms with van der Waals surface area (Å²) in [7, 11) is 0. The second-order valence-electron chi connectivity index (χ2n) is 9.46. The molecular weight excluding hydrogens is 529 g/mol. The van der Waals surface area contributed by atoms with Gasteiger partial charge in [0.05, 0.1) is 17.4 Å². The molecule has 0 aliphatic carbocycles. The Hall–Kier alpha value is -3.74. The first kappa shape index (κ1) is 26.9. The molecule has 1 saturated heterocycles. The summed E-state index contributed by atoms with van der Waals surface area (Å²) in [5.74, 6) is -0.706. The fraction of sp³-hybridized carbons (Fsp3) is 0.296. The third-order valence-corrected chi connectivity index (χ3v) is 8.04. The van der Waals surface area contributed by atoms with E-state index >= 15 is 0 Å². The average molecular weight is 557 g/mol. The molecule has 0 spiro atoms. The van der Waals surface area contributed by atoms with Gasteiger partial charge in [-0.25, -0.2) is 4.98 Å². The van der Waals surface area contributed by atoms with Gasteiger partial charge in [0.15, 0.2) is 0 Å². The normalized spacial score (nSPS) is 15.5. The minimum absolute atomic E-state index is 0.0315. The molecule has 1 aliphatic rings. The lowest BCUT2D eigenvalue weighted by Gasteiger charge is -2.34. The standard InChI is InChI=1S/C27H27F3N6O2S/c28-27(29,30)19-12-21(35-26-22(19)23(31)24(39-26)25(32)38)36-10-7-18(8-11-36)34-14-20(37)16-5-3-15(4-6-16)17-2-1-9-33-13-17/h1-6,9,12-13,18,20,34,37H,7-8,10-11,14,31H2,(H2,32,38). The van der Waals surface area contributed by atoms with Gasteiger partial charge in [0, 0.05) is 43.5 Å². The maximum Gasteiger partial charge on any atom is 0.417 e. The Kier molecular flexibility index (Phi) is 7.43. The summed E-state index contributed by atoms with van der Waals surface area (Å²) in [6.07, 6.45) is -0.557. The van der Waals surface area contributed by atoms with Crippen molar-refractivity contribution in [3.8, 4) is 11.1 Å². The molecule has 6 N–H and O–H groups in total. The quantitative estimate of drug-likeness (QED) is 0.266. The molecule has 1 aliphatic heterocycles. The van der Waals surface area contributed by atoms with E-state index in [2.05, 4.69) is 15.3 Å². The Morgan fingerprint density at radius 1 is 1.18 bits per heavy atom. The Labute approximate surface area is 226 Å². The van der Waals surface area contributed by atoms with E-state index in [0.29, 0.717) is 32.5 Å². The number of pyridine rings is 2. The van der Waals surface area contributed by atoms with Crippen molar-refractivity contribution >= 4 is 39.0 Å². The zero-order chi connectivity index (χ0) is 27.7. The van der Waals surface area contributed by atoms with Crippen molar-refractivity contribution in [3.05, 3.63) is 70.9 Å². The van der Waals surface area contributed by atoms with Crippen molar-refractivity contribution in [3.63, 3.8) is 0 Å². The number of hydrogen-bond donors (Lipinski definition) is 4. The van der Waals surface area contributed by atoms with Gasteiger partial charge < -0.3 is 26.8 Å². The van der Waals surface area contributed by atoms with E-state index in [1.807, 2.05) is 36.4 Å². The number of carbonyl (C=O) groups is 1. The molecule has 1 atom stereocenters. The number of aliphatic hydroxyl groups excluding tert-OH is 1. The zero-order valence-electron chi connectivity index (χ0n) is 20.8. The highest BCUT2D eigenvalue weighted by atomic mass is 32.1. The van der Waals surface area contributed by atoms with Crippen LogP contribution in [0.25, 0.3) is 21.3 Å². The van der Waals surface area contributed by atoms with E-state index in [-0.39, 0.29) is 32.6 Å². The summed E-state index contributed by atoms with van der Waals surface area (Å²) >= 11 is 0.769. The van der Waals surface area contributed by atoms with Gasteiger partial charge in [-0.05, 0) is 41.7 Å². The van der Waals surface area contributed by atoms with Gasteiger partial charge in [-0.3, -0.25) is 9.78 Å². The highest BCUT2D eigenvalue weighted by Gasteiger charge is 2.37. The third-order valence-electron chi connectivity index (χ3n) is 6.92. The molecule has 8 nitrogen and oxygen atoms in total. The molecule has 1 amide bonds. The number of alkyl halides is 3. The van der Waals surface area contributed by atoms with Gasteiger partial charge in [0.25, 0.3) is 5.91 Å². The molecule has 1 fully saturated rings. The van der Waals surface area contributed by atoms with Crippen molar-refractivity contribution in [1.82, 2.24) is 15.3 Å². The van der Waals surface area contributed by atoms with Crippen molar-refractivity contribution in [2.75, 3.05) is 30.3 Å². The minimum Gasteiger partial charge on any atom is -0.397 e. The van der Waals surface area contributed by atoms with E-state index in [1.165, 1.54) is 0 Å².